The first-order valence-electron chi connectivity index (χ1n) is 4.37. The first kappa shape index (κ1) is 9.71. The fourth-order valence-corrected chi connectivity index (χ4v) is 1.44. The third-order valence-corrected chi connectivity index (χ3v) is 2.08. The van der Waals surface area contributed by atoms with E-state index in [4.69, 9.17) is 0 Å². The van der Waals surface area contributed by atoms with Gasteiger partial charge in [-0.2, -0.15) is 0 Å². The molecule has 69 valence electrons. The maximum absolute atomic E-state index is 10.6. The van der Waals surface area contributed by atoms with E-state index < -0.39 is 0 Å². The van der Waals surface area contributed by atoms with E-state index in [-0.39, 0.29) is 10.6 Å². The lowest BCUT2D eigenvalue weighted by molar-refractivity contribution is -0.385. The highest BCUT2D eigenvalue weighted by atomic mass is 16.6. The van der Waals surface area contributed by atoms with Crippen LogP contribution in [0.2, 0.25) is 0 Å². The van der Waals surface area contributed by atoms with Gasteiger partial charge in [-0.3, -0.25) is 10.1 Å². The summed E-state index contributed by atoms with van der Waals surface area (Å²) in [6, 6.07) is 6.16. The van der Waals surface area contributed by atoms with Crippen molar-refractivity contribution in [1.82, 2.24) is 0 Å². The molecule has 0 saturated heterocycles. The second-order valence-corrected chi connectivity index (χ2v) is 2.78. The van der Waals surface area contributed by atoms with E-state index in [9.17, 15) is 10.1 Å². The number of hydrogen-bond donors (Lipinski definition) is 0. The molecule has 0 aliphatic heterocycles. The van der Waals surface area contributed by atoms with Crippen molar-refractivity contribution in [2.24, 2.45) is 0 Å². The van der Waals surface area contributed by atoms with Crippen LogP contribution < -0.4 is 0 Å². The molecule has 0 fully saturated rings. The van der Waals surface area contributed by atoms with Crippen LogP contribution in [0, 0.1) is 16.2 Å². The van der Waals surface area contributed by atoms with Crippen molar-refractivity contribution in [3.05, 3.63) is 39.4 Å². The molecule has 0 amide bonds. The van der Waals surface area contributed by atoms with E-state index in [0.717, 1.165) is 17.5 Å². The fraction of sp³-hybridized carbons (Fsp3) is 0.400. The van der Waals surface area contributed by atoms with Crippen LogP contribution in [0.5, 0.6) is 0 Å². The van der Waals surface area contributed by atoms with Crippen molar-refractivity contribution >= 4 is 5.69 Å². The number of rotatable bonds is 3. The lowest BCUT2D eigenvalue weighted by atomic mass is 10.0. The molecule has 0 spiro atoms. The van der Waals surface area contributed by atoms with Crippen molar-refractivity contribution in [3.8, 4) is 0 Å². The minimum Gasteiger partial charge on any atom is -0.258 e. The molecule has 0 aliphatic rings. The van der Waals surface area contributed by atoms with Gasteiger partial charge in [0.1, 0.15) is 0 Å². The molecule has 0 aromatic heterocycles. The minimum absolute atomic E-state index is 0.220. The molecule has 1 radical (unpaired) electrons. The molecule has 3 nitrogen and oxygen atoms in total. The van der Waals surface area contributed by atoms with Gasteiger partial charge < -0.3 is 0 Å². The maximum Gasteiger partial charge on any atom is 0.272 e. The Bertz CT molecular complexity index is 321. The Labute approximate surface area is 77.5 Å². The predicted molar refractivity (Wildman–Crippen MR) is 50.7 cm³/mol. The Kier molecular flexibility index (Phi) is 3.01. The Morgan fingerprint density at radius 3 is 2.62 bits per heavy atom. The minimum atomic E-state index is -0.328. The Hall–Kier alpha value is -1.38. The van der Waals surface area contributed by atoms with Crippen LogP contribution in [0.25, 0.3) is 0 Å². The smallest absolute Gasteiger partial charge is 0.258 e. The Morgan fingerprint density at radius 1 is 1.46 bits per heavy atom. The van der Waals surface area contributed by atoms with Crippen molar-refractivity contribution < 1.29 is 4.92 Å². The molecule has 13 heavy (non-hydrogen) atoms. The first-order chi connectivity index (χ1) is 6.20. The van der Waals surface area contributed by atoms with Gasteiger partial charge in [0.2, 0.25) is 0 Å². The van der Waals surface area contributed by atoms with E-state index >= 15 is 0 Å². The number of nitro benzene ring substituents is 1. The average Bonchev–Trinajstić information content (AvgIpc) is 2.16. The molecule has 0 N–H and O–H groups in total. The molecular weight excluding hydrogens is 166 g/mol. The zero-order valence-corrected chi connectivity index (χ0v) is 7.83. The van der Waals surface area contributed by atoms with Crippen molar-refractivity contribution in [3.63, 3.8) is 0 Å². The van der Waals surface area contributed by atoms with Crippen molar-refractivity contribution in [2.75, 3.05) is 0 Å². The molecule has 0 heterocycles. The van der Waals surface area contributed by atoms with Gasteiger partial charge in [0.15, 0.2) is 0 Å². The van der Waals surface area contributed by atoms with E-state index in [1.165, 1.54) is 6.07 Å². The van der Waals surface area contributed by atoms with Crippen LogP contribution in [0.1, 0.15) is 25.0 Å². The Balaban J connectivity index is 3.27. The standard InChI is InChI=1S/C10H12NO2/c1-3-8-6-5-7-10(11(12)13)9(8)4-2/h5,7H,3-4H2,1-2H3. The summed E-state index contributed by atoms with van der Waals surface area (Å²) in [5, 5.41) is 10.6. The summed E-state index contributed by atoms with van der Waals surface area (Å²) in [6.45, 7) is 3.91. The molecule has 1 rings (SSSR count). The summed E-state index contributed by atoms with van der Waals surface area (Å²) < 4.78 is 0. The summed E-state index contributed by atoms with van der Waals surface area (Å²) >= 11 is 0. The predicted octanol–water partition coefficient (Wildman–Crippen LogP) is 2.52. The van der Waals surface area contributed by atoms with E-state index in [0.29, 0.717) is 6.42 Å². The molecule has 1 aromatic carbocycles. The number of hydrogen-bond acceptors (Lipinski definition) is 2. The molecule has 1 aromatic rings. The zero-order chi connectivity index (χ0) is 9.84. The van der Waals surface area contributed by atoms with E-state index in [1.54, 1.807) is 6.07 Å². The molecular formula is C10H12NO2. The van der Waals surface area contributed by atoms with Gasteiger partial charge >= 0.3 is 0 Å². The second kappa shape index (κ2) is 4.03. The number of nitrogens with zero attached hydrogens (tertiary/aromatic N) is 1. The third kappa shape index (κ3) is 1.86. The summed E-state index contributed by atoms with van der Waals surface area (Å²) in [7, 11) is 0. The van der Waals surface area contributed by atoms with Crippen LogP contribution in [0.15, 0.2) is 12.1 Å². The van der Waals surface area contributed by atoms with Gasteiger partial charge in [-0.15, -0.1) is 0 Å². The van der Waals surface area contributed by atoms with Crippen molar-refractivity contribution in [2.45, 2.75) is 26.7 Å². The first-order valence-corrected chi connectivity index (χ1v) is 4.37. The van der Waals surface area contributed by atoms with Crippen molar-refractivity contribution in [1.29, 1.82) is 0 Å². The summed E-state index contributed by atoms with van der Waals surface area (Å²) in [5.41, 5.74) is 1.99. The molecule has 0 aliphatic carbocycles. The SMILES string of the molecule is CCc1[c]ccc([N+](=O)[O-])c1CC. The normalized spacial score (nSPS) is 10.0. The molecule has 0 atom stereocenters. The monoisotopic (exact) mass is 178 g/mol. The van der Waals surface area contributed by atoms with Crippen LogP contribution in [0.4, 0.5) is 5.69 Å². The highest BCUT2D eigenvalue weighted by Gasteiger charge is 2.14. The summed E-state index contributed by atoms with van der Waals surface area (Å²) in [6.07, 6.45) is 1.49. The van der Waals surface area contributed by atoms with E-state index in [1.807, 2.05) is 13.8 Å². The van der Waals surface area contributed by atoms with E-state index in [2.05, 4.69) is 6.07 Å². The van der Waals surface area contributed by atoms with Gasteiger partial charge in [0.25, 0.3) is 5.69 Å². The number of benzene rings is 1. The summed E-state index contributed by atoms with van der Waals surface area (Å²) in [4.78, 5) is 10.3. The maximum atomic E-state index is 10.6. The van der Waals surface area contributed by atoms with Crippen LogP contribution in [-0.4, -0.2) is 4.92 Å². The quantitative estimate of drug-likeness (QED) is 0.527. The largest absolute Gasteiger partial charge is 0.272 e. The van der Waals surface area contributed by atoms with Gasteiger partial charge in [0, 0.05) is 11.6 Å². The molecule has 0 saturated carbocycles. The molecule has 0 unspecified atom stereocenters. The lowest BCUT2D eigenvalue weighted by Gasteiger charge is -2.04. The highest BCUT2D eigenvalue weighted by Crippen LogP contribution is 2.22. The fourth-order valence-electron chi connectivity index (χ4n) is 1.44. The average molecular weight is 178 g/mol. The van der Waals surface area contributed by atoms with Gasteiger partial charge in [0.05, 0.1) is 4.92 Å². The van der Waals surface area contributed by atoms with Gasteiger partial charge in [-0.05, 0) is 30.5 Å². The van der Waals surface area contributed by atoms with Gasteiger partial charge in [-0.25, -0.2) is 0 Å². The van der Waals surface area contributed by atoms with Crippen LogP contribution >= 0.6 is 0 Å². The lowest BCUT2D eigenvalue weighted by Crippen LogP contribution is -1.98. The van der Waals surface area contributed by atoms with Crippen LogP contribution in [-0.2, 0) is 12.8 Å². The third-order valence-electron chi connectivity index (χ3n) is 2.08. The topological polar surface area (TPSA) is 43.1 Å². The molecule has 3 heteroatoms. The van der Waals surface area contributed by atoms with Gasteiger partial charge in [-0.1, -0.05) is 13.8 Å². The second-order valence-electron chi connectivity index (χ2n) is 2.78. The zero-order valence-electron chi connectivity index (χ0n) is 7.83. The van der Waals surface area contributed by atoms with Crippen LogP contribution in [0.3, 0.4) is 0 Å². The number of aryl methyl sites for hydroxylation is 1. The molecule has 0 bridgehead atoms. The Morgan fingerprint density at radius 2 is 2.15 bits per heavy atom. The number of nitro groups is 1. The summed E-state index contributed by atoms with van der Waals surface area (Å²) in [5.74, 6) is 0. The highest BCUT2D eigenvalue weighted by molar-refractivity contribution is 5.44.